The molecule has 136 valence electrons. The van der Waals surface area contributed by atoms with Crippen molar-refractivity contribution in [3.05, 3.63) is 46.8 Å². The van der Waals surface area contributed by atoms with Gasteiger partial charge in [0.05, 0.1) is 5.69 Å². The van der Waals surface area contributed by atoms with Gasteiger partial charge in [-0.3, -0.25) is 4.79 Å². The zero-order valence-electron chi connectivity index (χ0n) is 14.9. The van der Waals surface area contributed by atoms with E-state index in [-0.39, 0.29) is 24.2 Å². The van der Waals surface area contributed by atoms with Crippen LogP contribution < -0.4 is 11.1 Å². The van der Waals surface area contributed by atoms with Crippen LogP contribution in [0.25, 0.3) is 5.69 Å². The maximum Gasteiger partial charge on any atom is 0.272 e. The average molecular weight is 363 g/mol. The summed E-state index contributed by atoms with van der Waals surface area (Å²) in [5.74, 6) is 0.184. The SMILES string of the molecule is Cc1ccc(-n2nc(C(=O)NCC(C)CN)c3c2CCCC3)cc1.Cl. The Balaban J connectivity index is 0.00000225. The van der Waals surface area contributed by atoms with Crippen molar-refractivity contribution < 1.29 is 4.79 Å². The van der Waals surface area contributed by atoms with Crippen molar-refractivity contribution in [3.8, 4) is 5.69 Å². The number of halogens is 1. The summed E-state index contributed by atoms with van der Waals surface area (Å²) in [5, 5.41) is 7.65. The van der Waals surface area contributed by atoms with Gasteiger partial charge in [-0.25, -0.2) is 4.68 Å². The van der Waals surface area contributed by atoms with Crippen molar-refractivity contribution in [2.24, 2.45) is 11.7 Å². The van der Waals surface area contributed by atoms with Crippen LogP contribution in [0.1, 0.15) is 47.1 Å². The lowest BCUT2D eigenvalue weighted by Gasteiger charge is -2.14. The van der Waals surface area contributed by atoms with Crippen LogP contribution in [-0.4, -0.2) is 28.8 Å². The number of aromatic nitrogens is 2. The molecule has 1 aromatic heterocycles. The van der Waals surface area contributed by atoms with Gasteiger partial charge in [0.25, 0.3) is 5.91 Å². The topological polar surface area (TPSA) is 72.9 Å². The Morgan fingerprint density at radius 1 is 1.28 bits per heavy atom. The zero-order chi connectivity index (χ0) is 17.1. The van der Waals surface area contributed by atoms with Crippen LogP contribution in [0.2, 0.25) is 0 Å². The fourth-order valence-corrected chi connectivity index (χ4v) is 3.11. The second-order valence-electron chi connectivity index (χ2n) is 6.78. The minimum absolute atomic E-state index is 0. The number of hydrogen-bond donors (Lipinski definition) is 2. The molecule has 1 aliphatic rings. The van der Waals surface area contributed by atoms with Crippen molar-refractivity contribution in [1.82, 2.24) is 15.1 Å². The predicted octanol–water partition coefficient (Wildman–Crippen LogP) is 2.81. The number of carbonyl (C=O) groups is 1. The van der Waals surface area contributed by atoms with E-state index in [1.807, 2.05) is 11.6 Å². The number of fused-ring (bicyclic) bond motifs is 1. The third-order valence-corrected chi connectivity index (χ3v) is 4.69. The first-order valence-corrected chi connectivity index (χ1v) is 8.76. The summed E-state index contributed by atoms with van der Waals surface area (Å²) >= 11 is 0. The van der Waals surface area contributed by atoms with Crippen molar-refractivity contribution in [1.29, 1.82) is 0 Å². The van der Waals surface area contributed by atoms with E-state index in [4.69, 9.17) is 5.73 Å². The quantitative estimate of drug-likeness (QED) is 0.859. The van der Waals surface area contributed by atoms with E-state index in [1.54, 1.807) is 0 Å². The molecular weight excluding hydrogens is 336 g/mol. The summed E-state index contributed by atoms with van der Waals surface area (Å²) in [4.78, 5) is 12.6. The van der Waals surface area contributed by atoms with Crippen LogP contribution in [0.15, 0.2) is 24.3 Å². The zero-order valence-corrected chi connectivity index (χ0v) is 15.7. The average Bonchev–Trinajstić information content (AvgIpc) is 3.00. The monoisotopic (exact) mass is 362 g/mol. The highest BCUT2D eigenvalue weighted by Gasteiger charge is 2.25. The van der Waals surface area contributed by atoms with Gasteiger partial charge >= 0.3 is 0 Å². The highest BCUT2D eigenvalue weighted by Crippen LogP contribution is 2.27. The van der Waals surface area contributed by atoms with Gasteiger partial charge in [-0.1, -0.05) is 24.6 Å². The van der Waals surface area contributed by atoms with Gasteiger partial charge in [0.15, 0.2) is 5.69 Å². The molecule has 1 aromatic carbocycles. The number of nitrogens with two attached hydrogens (primary N) is 1. The molecular formula is C19H27ClN4O. The van der Waals surface area contributed by atoms with Crippen molar-refractivity contribution >= 4 is 18.3 Å². The molecule has 1 heterocycles. The summed E-state index contributed by atoms with van der Waals surface area (Å²) in [6, 6.07) is 8.29. The molecule has 0 radical (unpaired) electrons. The van der Waals surface area contributed by atoms with E-state index in [0.29, 0.717) is 18.8 Å². The van der Waals surface area contributed by atoms with Crippen molar-refractivity contribution in [3.63, 3.8) is 0 Å². The van der Waals surface area contributed by atoms with Gasteiger partial charge in [0.2, 0.25) is 0 Å². The molecule has 0 fully saturated rings. The van der Waals surface area contributed by atoms with Crippen LogP contribution in [0.5, 0.6) is 0 Å². The molecule has 5 nitrogen and oxygen atoms in total. The molecule has 1 amide bonds. The van der Waals surface area contributed by atoms with E-state index in [2.05, 4.69) is 41.6 Å². The largest absolute Gasteiger partial charge is 0.350 e. The second-order valence-corrected chi connectivity index (χ2v) is 6.78. The first-order valence-electron chi connectivity index (χ1n) is 8.76. The van der Waals surface area contributed by atoms with Crippen molar-refractivity contribution in [2.75, 3.05) is 13.1 Å². The first kappa shape index (κ1) is 19.5. The number of rotatable bonds is 5. The normalized spacial score (nSPS) is 14.4. The maximum absolute atomic E-state index is 12.6. The van der Waals surface area contributed by atoms with E-state index in [0.717, 1.165) is 36.9 Å². The Kier molecular flexibility index (Phi) is 6.62. The highest BCUT2D eigenvalue weighted by atomic mass is 35.5. The molecule has 0 spiro atoms. The molecule has 25 heavy (non-hydrogen) atoms. The number of nitrogens with one attached hydrogen (secondary N) is 1. The van der Waals surface area contributed by atoms with Crippen LogP contribution in [0.4, 0.5) is 0 Å². The molecule has 1 atom stereocenters. The standard InChI is InChI=1S/C19H26N4O.ClH/c1-13-7-9-15(10-8-13)23-17-6-4-3-5-16(17)18(22-23)19(24)21-12-14(2)11-20;/h7-10,14H,3-6,11-12,20H2,1-2H3,(H,21,24);1H. The summed E-state index contributed by atoms with van der Waals surface area (Å²) in [6.07, 6.45) is 4.17. The lowest BCUT2D eigenvalue weighted by Crippen LogP contribution is -2.32. The van der Waals surface area contributed by atoms with Gasteiger partial charge in [-0.2, -0.15) is 5.10 Å². The van der Waals surface area contributed by atoms with E-state index in [9.17, 15) is 4.79 Å². The van der Waals surface area contributed by atoms with Crippen LogP contribution in [0, 0.1) is 12.8 Å². The highest BCUT2D eigenvalue weighted by molar-refractivity contribution is 5.94. The molecule has 3 rings (SSSR count). The molecule has 1 aliphatic carbocycles. The van der Waals surface area contributed by atoms with Gasteiger partial charge < -0.3 is 11.1 Å². The number of aryl methyl sites for hydroxylation is 1. The van der Waals surface area contributed by atoms with E-state index < -0.39 is 0 Å². The Hall–Kier alpha value is -1.85. The van der Waals surface area contributed by atoms with Crippen LogP contribution in [0.3, 0.4) is 0 Å². The Morgan fingerprint density at radius 3 is 2.64 bits per heavy atom. The Bertz CT molecular complexity index is 724. The molecule has 0 aliphatic heterocycles. The molecule has 2 aromatic rings. The Labute approximate surface area is 155 Å². The van der Waals surface area contributed by atoms with Crippen LogP contribution in [-0.2, 0) is 12.8 Å². The molecule has 3 N–H and O–H groups in total. The third-order valence-electron chi connectivity index (χ3n) is 4.69. The fraction of sp³-hybridized carbons (Fsp3) is 0.474. The number of carbonyl (C=O) groups excluding carboxylic acids is 1. The molecule has 1 unspecified atom stereocenters. The molecule has 0 saturated heterocycles. The smallest absolute Gasteiger partial charge is 0.272 e. The lowest BCUT2D eigenvalue weighted by atomic mass is 9.95. The predicted molar refractivity (Wildman–Crippen MR) is 103 cm³/mol. The van der Waals surface area contributed by atoms with Gasteiger partial charge in [0.1, 0.15) is 0 Å². The van der Waals surface area contributed by atoms with E-state index >= 15 is 0 Å². The lowest BCUT2D eigenvalue weighted by molar-refractivity contribution is 0.0942. The molecule has 6 heteroatoms. The molecule has 0 bridgehead atoms. The third kappa shape index (κ3) is 4.22. The number of nitrogens with zero attached hydrogens (tertiary/aromatic N) is 2. The maximum atomic E-state index is 12.6. The van der Waals surface area contributed by atoms with Crippen LogP contribution >= 0.6 is 12.4 Å². The first-order chi connectivity index (χ1) is 11.6. The number of amides is 1. The fourth-order valence-electron chi connectivity index (χ4n) is 3.11. The summed E-state index contributed by atoms with van der Waals surface area (Å²) in [5.41, 5.74) is 10.7. The summed E-state index contributed by atoms with van der Waals surface area (Å²) in [6.45, 7) is 5.25. The summed E-state index contributed by atoms with van der Waals surface area (Å²) in [7, 11) is 0. The molecule has 0 saturated carbocycles. The van der Waals surface area contributed by atoms with Gasteiger partial charge in [-0.15, -0.1) is 12.4 Å². The minimum Gasteiger partial charge on any atom is -0.350 e. The van der Waals surface area contributed by atoms with Gasteiger partial charge in [-0.05, 0) is 57.2 Å². The Morgan fingerprint density at radius 2 is 1.96 bits per heavy atom. The van der Waals surface area contributed by atoms with Gasteiger partial charge in [0, 0.05) is 17.8 Å². The summed E-state index contributed by atoms with van der Waals surface area (Å²) < 4.78 is 1.95. The van der Waals surface area contributed by atoms with E-state index in [1.165, 1.54) is 11.3 Å². The second kappa shape index (κ2) is 8.50. The van der Waals surface area contributed by atoms with Crippen molar-refractivity contribution in [2.45, 2.75) is 39.5 Å². The minimum atomic E-state index is -0.0840. The number of benzene rings is 1. The number of hydrogen-bond acceptors (Lipinski definition) is 3.